The quantitative estimate of drug-likeness (QED) is 0.171. The Morgan fingerprint density at radius 3 is 2.26 bits per heavy atom. The third-order valence-electron chi connectivity index (χ3n) is 11.4. The second-order valence-electron chi connectivity index (χ2n) is 13.3. The first-order valence-corrected chi connectivity index (χ1v) is 24.5. The summed E-state index contributed by atoms with van der Waals surface area (Å²) in [6.07, 6.45) is 25.8. The summed E-state index contributed by atoms with van der Waals surface area (Å²) in [6.45, 7) is 8.34. The van der Waals surface area contributed by atoms with Crippen molar-refractivity contribution in [1.82, 2.24) is 0 Å². The fraction of sp³-hybridized carbons (Fsp3) is 0.600. The van der Waals surface area contributed by atoms with E-state index in [0.29, 0.717) is 0 Å². The van der Waals surface area contributed by atoms with Gasteiger partial charge in [-0.05, 0) is 102 Å². The molecule has 3 fully saturated rings. The van der Waals surface area contributed by atoms with Crippen molar-refractivity contribution >= 4 is 30.7 Å². The van der Waals surface area contributed by atoms with Crippen LogP contribution in [0.4, 0.5) is 0 Å². The zero-order chi connectivity index (χ0) is 26.0. The Hall–Kier alpha value is 0.120. The Labute approximate surface area is 261 Å². The van der Waals surface area contributed by atoms with E-state index in [1.807, 2.05) is 0 Å². The third kappa shape index (κ3) is 6.86. The van der Waals surface area contributed by atoms with Crippen LogP contribution in [-0.2, 0) is 20.8 Å². The zero-order valence-electron chi connectivity index (χ0n) is 25.1. The first-order chi connectivity index (χ1) is 18.0. The van der Waals surface area contributed by atoms with E-state index in [2.05, 4.69) is 80.7 Å². The maximum atomic E-state index is 4.93. The van der Waals surface area contributed by atoms with Gasteiger partial charge in [0.25, 0.3) is 0 Å². The summed E-state index contributed by atoms with van der Waals surface area (Å²) < 4.78 is 0. The van der Waals surface area contributed by atoms with Crippen LogP contribution in [0.5, 0.6) is 0 Å². The topological polar surface area (TPSA) is 0 Å². The summed E-state index contributed by atoms with van der Waals surface area (Å²) in [4.78, 5) is 0. The molecule has 5 aliphatic carbocycles. The van der Waals surface area contributed by atoms with Crippen LogP contribution in [0.25, 0.3) is 5.57 Å². The van der Waals surface area contributed by atoms with Gasteiger partial charge in [-0.3, -0.25) is 0 Å². The summed E-state index contributed by atoms with van der Waals surface area (Å²) in [5.74, 6) is 6.42. The first kappa shape index (κ1) is 33.6. The molecule has 0 bridgehead atoms. The van der Waals surface area contributed by atoms with Gasteiger partial charge in [-0.25, -0.2) is 0 Å². The van der Waals surface area contributed by atoms with Crippen LogP contribution in [0.3, 0.4) is 0 Å². The zero-order valence-corrected chi connectivity index (χ0v) is 30.1. The second-order valence-corrected chi connectivity index (χ2v) is 22.1. The van der Waals surface area contributed by atoms with Crippen molar-refractivity contribution < 1.29 is 20.8 Å². The van der Waals surface area contributed by atoms with E-state index in [-0.39, 0.29) is 14.9 Å². The molecular formula is C35H52Cl2SiZr. The molecule has 7 unspecified atom stereocenters. The van der Waals surface area contributed by atoms with E-state index in [0.717, 1.165) is 52.5 Å². The van der Waals surface area contributed by atoms with Gasteiger partial charge < -0.3 is 14.9 Å². The minimum absolute atomic E-state index is 0. The van der Waals surface area contributed by atoms with Crippen LogP contribution < -0.4 is 0 Å². The molecule has 6 rings (SSSR count). The molecular weight excluding hydrogens is 611 g/mol. The Kier molecular flexibility index (Phi) is 13.0. The molecule has 39 heavy (non-hydrogen) atoms. The van der Waals surface area contributed by atoms with Crippen LogP contribution in [0.15, 0.2) is 60.7 Å². The van der Waals surface area contributed by atoms with E-state index in [9.17, 15) is 0 Å². The van der Waals surface area contributed by atoms with Crippen molar-refractivity contribution in [2.24, 2.45) is 41.4 Å². The van der Waals surface area contributed by atoms with E-state index >= 15 is 0 Å². The van der Waals surface area contributed by atoms with Gasteiger partial charge in [-0.1, -0.05) is 100.0 Å². The molecule has 0 amide bonds. The van der Waals surface area contributed by atoms with E-state index in [1.54, 1.807) is 5.57 Å². The van der Waals surface area contributed by atoms with Gasteiger partial charge >= 0.3 is 37.9 Å². The molecule has 3 saturated carbocycles. The van der Waals surface area contributed by atoms with Crippen LogP contribution in [0.2, 0.25) is 24.2 Å². The number of hydrogen-bond acceptors (Lipinski definition) is 0. The van der Waals surface area contributed by atoms with Gasteiger partial charge in [0.15, 0.2) is 0 Å². The Morgan fingerprint density at radius 1 is 0.846 bits per heavy atom. The fourth-order valence-electron chi connectivity index (χ4n) is 10.3. The van der Waals surface area contributed by atoms with Crippen molar-refractivity contribution in [2.45, 2.75) is 88.9 Å². The molecule has 0 nitrogen and oxygen atoms in total. The number of halogens is 2. The van der Waals surface area contributed by atoms with Crippen molar-refractivity contribution in [3.63, 3.8) is 0 Å². The standard InChI is InChI=1S/C33H46Si.2CH3.2ClH.Zr/c1-23-22-31-27(25-14-8-5-9-15-25)17-11-19-30(31)33(23)34(2,3)32-21-20-28-26(16-10-18-29(28)32)24-12-6-4-7-13-24;;;;;/h4,6-8,10,12-14,16,18,23,25,27-33H,5,9,11,15,17,19-22H2,1-3H3;2*1H3;2*1H;/q;2*-1;;;+4/p-2/t23?,25-,27+,28?,29?,30?,31?,32?,33?;;;;;/m0...../s1. The van der Waals surface area contributed by atoms with E-state index in [4.69, 9.17) is 17.0 Å². The van der Waals surface area contributed by atoms with Gasteiger partial charge in [-0.2, -0.15) is 0 Å². The summed E-state index contributed by atoms with van der Waals surface area (Å²) in [5.41, 5.74) is 5.09. The van der Waals surface area contributed by atoms with Crippen molar-refractivity contribution in [1.29, 1.82) is 0 Å². The fourth-order valence-corrected chi connectivity index (χ4v) is 16.1. The van der Waals surface area contributed by atoms with Gasteiger partial charge in [0.1, 0.15) is 0 Å². The molecule has 214 valence electrons. The molecule has 0 saturated heterocycles. The van der Waals surface area contributed by atoms with Gasteiger partial charge in [0.05, 0.1) is 8.07 Å². The number of benzene rings is 1. The first-order valence-electron chi connectivity index (χ1n) is 15.0. The average Bonchev–Trinajstić information content (AvgIpc) is 3.51. The SMILES string of the molecule is CC1CC2C(CCC[C@@H]2[C@H]2C=CCCC2)C1[Si](C)(C)C1CCC2C(c3ccccc3)=CC=CC21.[CH3-].[CH3-].[Cl][Zr+2][Cl]. The number of rotatable bonds is 4. The molecule has 0 heterocycles. The molecule has 0 aliphatic heterocycles. The van der Waals surface area contributed by atoms with E-state index in [1.165, 1.54) is 63.4 Å². The summed E-state index contributed by atoms with van der Waals surface area (Å²) >= 11 is -0.826. The van der Waals surface area contributed by atoms with Gasteiger partial charge in [-0.15, -0.1) is 0 Å². The molecule has 1 aromatic rings. The number of hydrogen-bond donors (Lipinski definition) is 0. The average molecular weight is 663 g/mol. The van der Waals surface area contributed by atoms with Gasteiger partial charge in [0.2, 0.25) is 0 Å². The summed E-state index contributed by atoms with van der Waals surface area (Å²) in [7, 11) is 8.44. The Balaban J connectivity index is 0.000000805. The summed E-state index contributed by atoms with van der Waals surface area (Å²) in [5, 5.41) is 0. The maximum absolute atomic E-state index is 4.93. The number of allylic oxidation sites excluding steroid dienone is 6. The van der Waals surface area contributed by atoms with Crippen molar-refractivity contribution in [3.05, 3.63) is 81.1 Å². The van der Waals surface area contributed by atoms with Crippen LogP contribution in [-0.4, -0.2) is 8.07 Å². The molecule has 9 atom stereocenters. The third-order valence-corrected chi connectivity index (χ3v) is 16.7. The summed E-state index contributed by atoms with van der Waals surface area (Å²) in [6, 6.07) is 11.3. The predicted molar refractivity (Wildman–Crippen MR) is 174 cm³/mol. The molecule has 0 radical (unpaired) electrons. The van der Waals surface area contributed by atoms with Crippen molar-refractivity contribution in [2.75, 3.05) is 0 Å². The minimum atomic E-state index is -1.42. The second kappa shape index (κ2) is 15.0. The molecule has 0 N–H and O–H groups in total. The van der Waals surface area contributed by atoms with Crippen LogP contribution in [0.1, 0.15) is 70.3 Å². The van der Waals surface area contributed by atoms with E-state index < -0.39 is 28.9 Å². The monoisotopic (exact) mass is 660 g/mol. The molecule has 1 aromatic carbocycles. The molecule has 5 aliphatic rings. The van der Waals surface area contributed by atoms with Crippen LogP contribution in [0, 0.1) is 56.3 Å². The number of fused-ring (bicyclic) bond motifs is 2. The molecule has 0 spiro atoms. The molecule has 4 heteroatoms. The normalized spacial score (nSPS) is 36.6. The Bertz CT molecular complexity index is 986. The molecule has 0 aromatic heterocycles. The van der Waals surface area contributed by atoms with Gasteiger partial charge in [0, 0.05) is 0 Å². The van der Waals surface area contributed by atoms with Crippen molar-refractivity contribution in [3.8, 4) is 0 Å². The van der Waals surface area contributed by atoms with Crippen LogP contribution >= 0.6 is 17.0 Å². The Morgan fingerprint density at radius 2 is 1.56 bits per heavy atom. The predicted octanol–water partition coefficient (Wildman–Crippen LogP) is 11.8.